The van der Waals surface area contributed by atoms with Gasteiger partial charge in [0.1, 0.15) is 5.82 Å². The molecule has 1 aromatic carbocycles. The number of amides is 2. The number of nitrogens with zero attached hydrogens (tertiary/aromatic N) is 2. The summed E-state index contributed by atoms with van der Waals surface area (Å²) in [6, 6.07) is 4.82. The van der Waals surface area contributed by atoms with Crippen molar-refractivity contribution >= 4 is 17.6 Å². The van der Waals surface area contributed by atoms with Gasteiger partial charge in [0.15, 0.2) is 0 Å². The van der Waals surface area contributed by atoms with Crippen LogP contribution in [0.25, 0.3) is 0 Å². The number of urea groups is 1. The number of hydrogen-bond donors (Lipinski definition) is 1. The molecule has 6 heteroatoms. The van der Waals surface area contributed by atoms with E-state index in [1.807, 2.05) is 0 Å². The number of likely N-dealkylation sites (tertiary alicyclic amines) is 1. The summed E-state index contributed by atoms with van der Waals surface area (Å²) in [5.41, 5.74) is 0.394. The topological polar surface area (TPSA) is 35.6 Å². The molecule has 1 aliphatic heterocycles. The van der Waals surface area contributed by atoms with Gasteiger partial charge in [-0.3, -0.25) is 0 Å². The SMILES string of the molecule is C[C@@H]1CN(C)CC[C@@H]1N(C)C(=O)NCc1cccc(Cl)c1F. The highest BCUT2D eigenvalue weighted by Gasteiger charge is 2.29. The summed E-state index contributed by atoms with van der Waals surface area (Å²) in [6.45, 7) is 4.25. The molecule has 0 saturated carbocycles. The van der Waals surface area contributed by atoms with E-state index in [2.05, 4.69) is 24.2 Å². The highest BCUT2D eigenvalue weighted by atomic mass is 35.5. The molecular weight excluding hydrogens is 305 g/mol. The summed E-state index contributed by atoms with van der Waals surface area (Å²) in [5, 5.41) is 2.84. The fraction of sp³-hybridized carbons (Fsp3) is 0.562. The minimum Gasteiger partial charge on any atom is -0.334 e. The van der Waals surface area contributed by atoms with Crippen LogP contribution >= 0.6 is 11.6 Å². The lowest BCUT2D eigenvalue weighted by Gasteiger charge is -2.39. The third kappa shape index (κ3) is 3.90. The van der Waals surface area contributed by atoms with Crippen molar-refractivity contribution in [2.75, 3.05) is 27.2 Å². The molecule has 0 bridgehead atoms. The van der Waals surface area contributed by atoms with Crippen molar-refractivity contribution in [2.45, 2.75) is 25.9 Å². The Morgan fingerprint density at radius 1 is 1.55 bits per heavy atom. The quantitative estimate of drug-likeness (QED) is 0.926. The Morgan fingerprint density at radius 2 is 2.27 bits per heavy atom. The normalized spacial score (nSPS) is 22.4. The van der Waals surface area contributed by atoms with Gasteiger partial charge in [-0.2, -0.15) is 0 Å². The summed E-state index contributed by atoms with van der Waals surface area (Å²) < 4.78 is 13.8. The van der Waals surface area contributed by atoms with Gasteiger partial charge in [0.25, 0.3) is 0 Å². The molecule has 122 valence electrons. The minimum absolute atomic E-state index is 0.0732. The number of piperidine rings is 1. The van der Waals surface area contributed by atoms with E-state index in [0.29, 0.717) is 11.5 Å². The van der Waals surface area contributed by atoms with Gasteiger partial charge in [-0.25, -0.2) is 9.18 Å². The third-order valence-electron chi connectivity index (χ3n) is 4.34. The van der Waals surface area contributed by atoms with Gasteiger partial charge in [0.2, 0.25) is 0 Å². The zero-order valence-corrected chi connectivity index (χ0v) is 14.0. The summed E-state index contributed by atoms with van der Waals surface area (Å²) in [7, 11) is 3.89. The maximum absolute atomic E-state index is 13.8. The molecule has 4 nitrogen and oxygen atoms in total. The first-order valence-electron chi connectivity index (χ1n) is 7.52. The maximum atomic E-state index is 13.8. The maximum Gasteiger partial charge on any atom is 0.317 e. The van der Waals surface area contributed by atoms with E-state index in [-0.39, 0.29) is 23.6 Å². The first kappa shape index (κ1) is 17.0. The van der Waals surface area contributed by atoms with Gasteiger partial charge in [-0.15, -0.1) is 0 Å². The summed E-state index contributed by atoms with van der Waals surface area (Å²) in [4.78, 5) is 16.3. The van der Waals surface area contributed by atoms with Crippen molar-refractivity contribution in [1.82, 2.24) is 15.1 Å². The smallest absolute Gasteiger partial charge is 0.317 e. The van der Waals surface area contributed by atoms with Crippen molar-refractivity contribution in [3.63, 3.8) is 0 Å². The molecular formula is C16H23ClFN3O. The van der Waals surface area contributed by atoms with Gasteiger partial charge in [0.05, 0.1) is 5.02 Å². The number of benzene rings is 1. The molecule has 1 aliphatic rings. The van der Waals surface area contributed by atoms with Crippen molar-refractivity contribution in [2.24, 2.45) is 5.92 Å². The van der Waals surface area contributed by atoms with E-state index in [9.17, 15) is 9.18 Å². The zero-order chi connectivity index (χ0) is 16.3. The van der Waals surface area contributed by atoms with Gasteiger partial charge in [-0.05, 0) is 32.0 Å². The van der Waals surface area contributed by atoms with Crippen molar-refractivity contribution < 1.29 is 9.18 Å². The molecule has 2 amide bonds. The summed E-state index contributed by atoms with van der Waals surface area (Å²) in [6.07, 6.45) is 0.952. The van der Waals surface area contributed by atoms with Crippen LogP contribution in [0.5, 0.6) is 0 Å². The van der Waals surface area contributed by atoms with Crippen LogP contribution in [-0.2, 0) is 6.54 Å². The Balaban J connectivity index is 1.93. The Labute approximate surface area is 136 Å². The Kier molecular flexibility index (Phi) is 5.64. The molecule has 1 saturated heterocycles. The average Bonchev–Trinajstić information content (AvgIpc) is 2.48. The van der Waals surface area contributed by atoms with E-state index in [1.165, 1.54) is 6.07 Å². The molecule has 2 rings (SSSR count). The number of rotatable bonds is 3. The Bertz CT molecular complexity index is 540. The van der Waals surface area contributed by atoms with Crippen LogP contribution in [0.4, 0.5) is 9.18 Å². The molecule has 1 heterocycles. The predicted molar refractivity (Wildman–Crippen MR) is 86.5 cm³/mol. The lowest BCUT2D eigenvalue weighted by molar-refractivity contribution is 0.107. The lowest BCUT2D eigenvalue weighted by atomic mass is 9.93. The highest BCUT2D eigenvalue weighted by molar-refractivity contribution is 6.30. The second-order valence-electron chi connectivity index (χ2n) is 6.08. The van der Waals surface area contributed by atoms with Crippen molar-refractivity contribution in [3.8, 4) is 0 Å². The van der Waals surface area contributed by atoms with Gasteiger partial charge >= 0.3 is 6.03 Å². The molecule has 1 fully saturated rings. The van der Waals surface area contributed by atoms with Crippen LogP contribution in [0.3, 0.4) is 0 Å². The number of halogens is 2. The Morgan fingerprint density at radius 3 is 2.95 bits per heavy atom. The molecule has 0 aliphatic carbocycles. The first-order valence-corrected chi connectivity index (χ1v) is 7.90. The molecule has 22 heavy (non-hydrogen) atoms. The zero-order valence-electron chi connectivity index (χ0n) is 13.3. The number of nitrogens with one attached hydrogen (secondary N) is 1. The lowest BCUT2D eigenvalue weighted by Crippen LogP contribution is -2.52. The fourth-order valence-electron chi connectivity index (χ4n) is 3.05. The van der Waals surface area contributed by atoms with Crippen LogP contribution in [-0.4, -0.2) is 49.1 Å². The average molecular weight is 328 g/mol. The van der Waals surface area contributed by atoms with E-state index < -0.39 is 5.82 Å². The van der Waals surface area contributed by atoms with Gasteiger partial charge in [-0.1, -0.05) is 30.7 Å². The molecule has 0 aromatic heterocycles. The van der Waals surface area contributed by atoms with Crippen LogP contribution in [0, 0.1) is 11.7 Å². The summed E-state index contributed by atoms with van der Waals surface area (Å²) >= 11 is 5.74. The predicted octanol–water partition coefficient (Wildman–Crippen LogP) is 2.96. The molecule has 0 radical (unpaired) electrons. The monoisotopic (exact) mass is 327 g/mol. The third-order valence-corrected chi connectivity index (χ3v) is 4.63. The van der Waals surface area contributed by atoms with E-state index in [1.54, 1.807) is 24.1 Å². The number of hydrogen-bond acceptors (Lipinski definition) is 2. The van der Waals surface area contributed by atoms with E-state index >= 15 is 0 Å². The van der Waals surface area contributed by atoms with Gasteiger partial charge in [0, 0.05) is 31.7 Å². The second kappa shape index (κ2) is 7.29. The molecule has 0 unspecified atom stereocenters. The molecule has 1 N–H and O–H groups in total. The largest absolute Gasteiger partial charge is 0.334 e. The van der Waals surface area contributed by atoms with E-state index in [0.717, 1.165) is 19.5 Å². The van der Waals surface area contributed by atoms with Crippen LogP contribution in [0.1, 0.15) is 18.9 Å². The van der Waals surface area contributed by atoms with Crippen LogP contribution < -0.4 is 5.32 Å². The second-order valence-corrected chi connectivity index (χ2v) is 6.49. The highest BCUT2D eigenvalue weighted by Crippen LogP contribution is 2.21. The standard InChI is InChI=1S/C16H23ClFN3O/c1-11-10-20(2)8-7-14(11)21(3)16(22)19-9-12-5-4-6-13(17)15(12)18/h4-6,11,14H,7-10H2,1-3H3,(H,19,22)/t11-,14+/m1/s1. The molecule has 2 atom stereocenters. The first-order chi connectivity index (χ1) is 10.4. The minimum atomic E-state index is -0.472. The van der Waals surface area contributed by atoms with Crippen molar-refractivity contribution in [1.29, 1.82) is 0 Å². The fourth-order valence-corrected chi connectivity index (χ4v) is 3.24. The Hall–Kier alpha value is -1.33. The van der Waals surface area contributed by atoms with Crippen LogP contribution in [0.15, 0.2) is 18.2 Å². The van der Waals surface area contributed by atoms with E-state index in [4.69, 9.17) is 11.6 Å². The molecule has 0 spiro atoms. The van der Waals surface area contributed by atoms with Crippen molar-refractivity contribution in [3.05, 3.63) is 34.6 Å². The van der Waals surface area contributed by atoms with Crippen LogP contribution in [0.2, 0.25) is 5.02 Å². The summed E-state index contributed by atoms with van der Waals surface area (Å²) in [5.74, 6) is -0.0582. The number of carbonyl (C=O) groups is 1. The molecule has 1 aromatic rings. The number of carbonyl (C=O) groups excluding carboxylic acids is 1. The van der Waals surface area contributed by atoms with Gasteiger partial charge < -0.3 is 15.1 Å².